The molecular weight excluding hydrogens is 222 g/mol. The van der Waals surface area contributed by atoms with Crippen molar-refractivity contribution in [3.05, 3.63) is 0 Å². The van der Waals surface area contributed by atoms with Crippen molar-refractivity contribution in [3.63, 3.8) is 0 Å². The van der Waals surface area contributed by atoms with Crippen LogP contribution in [0.15, 0.2) is 0 Å². The van der Waals surface area contributed by atoms with Gasteiger partial charge in [0.25, 0.3) is 0 Å². The zero-order valence-corrected chi connectivity index (χ0v) is 9.89. The molecule has 0 aromatic rings. The Morgan fingerprint density at radius 2 is 1.82 bits per heavy atom. The van der Waals surface area contributed by atoms with Crippen LogP contribution in [0.25, 0.3) is 0 Å². The van der Waals surface area contributed by atoms with E-state index in [0.717, 1.165) is 0 Å². The van der Waals surface area contributed by atoms with Crippen LogP contribution < -0.4 is 0 Å². The van der Waals surface area contributed by atoms with Gasteiger partial charge in [-0.05, 0) is 12.8 Å². The normalized spacial score (nSPS) is 32.4. The van der Waals surface area contributed by atoms with Crippen LogP contribution in [0.4, 0.5) is 0 Å². The number of rotatable bonds is 2. The van der Waals surface area contributed by atoms with Crippen LogP contribution in [0.3, 0.4) is 0 Å². The van der Waals surface area contributed by atoms with Gasteiger partial charge in [-0.2, -0.15) is 0 Å². The molecule has 1 saturated heterocycles. The number of carboxylic acids is 1. The van der Waals surface area contributed by atoms with Gasteiger partial charge in [-0.25, -0.2) is 0 Å². The molecule has 2 aliphatic rings. The molecule has 94 valence electrons. The third-order valence-electron chi connectivity index (χ3n) is 3.83. The Morgan fingerprint density at radius 1 is 1.29 bits per heavy atom. The Labute approximate surface area is 99.8 Å². The minimum atomic E-state index is -0.817. The van der Waals surface area contributed by atoms with Crippen LogP contribution in [0.2, 0.25) is 0 Å². The van der Waals surface area contributed by atoms with Gasteiger partial charge in [-0.15, -0.1) is 0 Å². The summed E-state index contributed by atoms with van der Waals surface area (Å²) in [5.74, 6) is -1.55. The number of amides is 1. The molecule has 1 heterocycles. The summed E-state index contributed by atoms with van der Waals surface area (Å²) in [7, 11) is 0. The van der Waals surface area contributed by atoms with Crippen molar-refractivity contribution < 1.29 is 19.5 Å². The van der Waals surface area contributed by atoms with Gasteiger partial charge >= 0.3 is 5.97 Å². The summed E-state index contributed by atoms with van der Waals surface area (Å²) in [6.45, 7) is 2.62. The first-order valence-electron chi connectivity index (χ1n) is 6.07. The Kier molecular flexibility index (Phi) is 3.17. The minimum Gasteiger partial charge on any atom is -0.481 e. The Morgan fingerprint density at radius 3 is 2.24 bits per heavy atom. The second-order valence-electron chi connectivity index (χ2n) is 4.96. The number of Topliss-reactive ketones (excluding diaryl/α,β-unsaturated/α-hetero) is 1. The molecule has 1 aliphatic heterocycles. The fourth-order valence-corrected chi connectivity index (χ4v) is 2.91. The SMILES string of the molecule is CCC(=O)N1CC2CC(C(=O)O)CC(C1)C2=O. The van der Waals surface area contributed by atoms with Gasteiger partial charge in [0.05, 0.1) is 5.92 Å². The predicted molar refractivity (Wildman–Crippen MR) is 59.2 cm³/mol. The molecule has 1 saturated carbocycles. The van der Waals surface area contributed by atoms with E-state index in [2.05, 4.69) is 0 Å². The van der Waals surface area contributed by atoms with Crippen LogP contribution in [-0.2, 0) is 14.4 Å². The highest BCUT2D eigenvalue weighted by Gasteiger charge is 2.44. The molecule has 1 amide bonds. The number of carbonyl (C=O) groups is 3. The molecular formula is C12H17NO4. The van der Waals surface area contributed by atoms with Crippen LogP contribution in [-0.4, -0.2) is 40.8 Å². The monoisotopic (exact) mass is 239 g/mol. The first-order valence-corrected chi connectivity index (χ1v) is 6.07. The molecule has 2 fully saturated rings. The average Bonchev–Trinajstić information content (AvgIpc) is 2.27. The van der Waals surface area contributed by atoms with Crippen LogP contribution >= 0.6 is 0 Å². The van der Waals surface area contributed by atoms with Gasteiger partial charge in [-0.3, -0.25) is 14.4 Å². The number of nitrogens with zero attached hydrogens (tertiary/aromatic N) is 1. The van der Waals surface area contributed by atoms with Gasteiger partial charge < -0.3 is 10.0 Å². The zero-order chi connectivity index (χ0) is 12.6. The van der Waals surface area contributed by atoms with Crippen molar-refractivity contribution >= 4 is 17.7 Å². The highest BCUT2D eigenvalue weighted by atomic mass is 16.4. The maximum Gasteiger partial charge on any atom is 0.306 e. The van der Waals surface area contributed by atoms with Crippen molar-refractivity contribution in [1.82, 2.24) is 4.90 Å². The van der Waals surface area contributed by atoms with Crippen molar-refractivity contribution in [3.8, 4) is 0 Å². The van der Waals surface area contributed by atoms with Crippen molar-refractivity contribution in [1.29, 1.82) is 0 Å². The number of likely N-dealkylation sites (tertiary alicyclic amines) is 1. The third-order valence-corrected chi connectivity index (χ3v) is 3.83. The molecule has 2 atom stereocenters. The van der Waals surface area contributed by atoms with E-state index in [9.17, 15) is 14.4 Å². The van der Waals surface area contributed by atoms with E-state index in [1.807, 2.05) is 0 Å². The van der Waals surface area contributed by atoms with Crippen LogP contribution in [0, 0.1) is 17.8 Å². The molecule has 0 aromatic carbocycles. The van der Waals surface area contributed by atoms with Gasteiger partial charge in [0.15, 0.2) is 0 Å². The number of aliphatic carboxylic acids is 1. The summed E-state index contributed by atoms with van der Waals surface area (Å²) in [6.07, 6.45) is 1.21. The smallest absolute Gasteiger partial charge is 0.306 e. The van der Waals surface area contributed by atoms with Gasteiger partial charge in [-0.1, -0.05) is 6.92 Å². The molecule has 5 nitrogen and oxygen atoms in total. The molecule has 0 spiro atoms. The molecule has 2 unspecified atom stereocenters. The van der Waals surface area contributed by atoms with E-state index in [1.165, 1.54) is 0 Å². The number of carboxylic acid groups (broad SMARTS) is 1. The minimum absolute atomic E-state index is 0.0567. The van der Waals surface area contributed by atoms with E-state index in [-0.39, 0.29) is 23.5 Å². The van der Waals surface area contributed by atoms with E-state index in [0.29, 0.717) is 32.4 Å². The fourth-order valence-electron chi connectivity index (χ4n) is 2.91. The summed E-state index contributed by atoms with van der Waals surface area (Å²) in [5, 5.41) is 9.01. The van der Waals surface area contributed by atoms with Crippen molar-refractivity contribution in [2.45, 2.75) is 26.2 Å². The summed E-state index contributed by atoms with van der Waals surface area (Å²) in [5.41, 5.74) is 0. The molecule has 0 aromatic heterocycles. The fraction of sp³-hybridized carbons (Fsp3) is 0.750. The molecule has 2 rings (SSSR count). The molecule has 1 N–H and O–H groups in total. The van der Waals surface area contributed by atoms with Crippen LogP contribution in [0.1, 0.15) is 26.2 Å². The van der Waals surface area contributed by atoms with E-state index in [1.54, 1.807) is 11.8 Å². The summed E-state index contributed by atoms with van der Waals surface area (Å²) in [4.78, 5) is 36.2. The number of hydrogen-bond donors (Lipinski definition) is 1. The predicted octanol–water partition coefficient (Wildman–Crippen LogP) is 0.535. The van der Waals surface area contributed by atoms with Crippen LogP contribution in [0.5, 0.6) is 0 Å². The Balaban J connectivity index is 2.10. The second kappa shape index (κ2) is 4.47. The number of piperidine rings is 1. The Bertz CT molecular complexity index is 348. The quantitative estimate of drug-likeness (QED) is 0.763. The number of hydrogen-bond acceptors (Lipinski definition) is 3. The average molecular weight is 239 g/mol. The van der Waals surface area contributed by atoms with E-state index in [4.69, 9.17) is 5.11 Å². The first kappa shape index (κ1) is 12.1. The lowest BCUT2D eigenvalue weighted by molar-refractivity contribution is -0.151. The highest BCUT2D eigenvalue weighted by molar-refractivity contribution is 5.89. The standard InChI is InChI=1S/C12H17NO4/c1-2-10(14)13-5-8-3-7(12(16)17)4-9(6-13)11(8)15/h7-9H,2-6H2,1H3,(H,16,17). The first-order chi connectivity index (χ1) is 8.02. The maximum atomic E-state index is 11.9. The molecule has 17 heavy (non-hydrogen) atoms. The van der Waals surface area contributed by atoms with Crippen molar-refractivity contribution in [2.75, 3.05) is 13.1 Å². The highest BCUT2D eigenvalue weighted by Crippen LogP contribution is 2.35. The third kappa shape index (κ3) is 2.18. The number of ketones is 1. The molecule has 5 heteroatoms. The van der Waals surface area contributed by atoms with Gasteiger partial charge in [0.1, 0.15) is 5.78 Å². The number of carbonyl (C=O) groups excluding carboxylic acids is 2. The van der Waals surface area contributed by atoms with Gasteiger partial charge in [0, 0.05) is 31.3 Å². The lowest BCUT2D eigenvalue weighted by atomic mass is 9.71. The second-order valence-corrected chi connectivity index (χ2v) is 4.96. The lowest BCUT2D eigenvalue weighted by Crippen LogP contribution is -2.53. The maximum absolute atomic E-state index is 11.9. The molecule has 2 bridgehead atoms. The van der Waals surface area contributed by atoms with E-state index < -0.39 is 11.9 Å². The molecule has 1 aliphatic carbocycles. The zero-order valence-electron chi connectivity index (χ0n) is 9.89. The summed E-state index contributed by atoms with van der Waals surface area (Å²) < 4.78 is 0. The van der Waals surface area contributed by atoms with E-state index >= 15 is 0 Å². The lowest BCUT2D eigenvalue weighted by Gasteiger charge is -2.42. The largest absolute Gasteiger partial charge is 0.481 e. The topological polar surface area (TPSA) is 74.7 Å². The van der Waals surface area contributed by atoms with Crippen molar-refractivity contribution in [2.24, 2.45) is 17.8 Å². The summed E-state index contributed by atoms with van der Waals surface area (Å²) >= 11 is 0. The Hall–Kier alpha value is -1.39. The van der Waals surface area contributed by atoms with Gasteiger partial charge in [0.2, 0.25) is 5.91 Å². The summed E-state index contributed by atoms with van der Waals surface area (Å²) in [6, 6.07) is 0. The molecule has 0 radical (unpaired) electrons. The number of fused-ring (bicyclic) bond motifs is 2.